The summed E-state index contributed by atoms with van der Waals surface area (Å²) >= 11 is 0. The van der Waals surface area contributed by atoms with Gasteiger partial charge in [0.2, 0.25) is 0 Å². The predicted molar refractivity (Wildman–Crippen MR) is 68.4 cm³/mol. The molecule has 17 heavy (non-hydrogen) atoms. The van der Waals surface area contributed by atoms with Gasteiger partial charge in [-0.05, 0) is 25.2 Å². The van der Waals surface area contributed by atoms with Crippen molar-refractivity contribution >= 4 is 5.97 Å². The number of ether oxygens (including phenoxy) is 1. The smallest absolute Gasteiger partial charge is 0.326 e. The van der Waals surface area contributed by atoms with Gasteiger partial charge in [-0.1, -0.05) is 32.6 Å². The van der Waals surface area contributed by atoms with Gasteiger partial charge in [0.1, 0.15) is 5.54 Å². The van der Waals surface area contributed by atoms with Crippen LogP contribution in [-0.4, -0.2) is 24.7 Å². The number of carbonyl (C=O) groups excluding carboxylic acids is 1. The number of esters is 1. The molecule has 0 spiro atoms. The molecule has 1 unspecified atom stereocenters. The first-order chi connectivity index (χ1) is 8.00. The van der Waals surface area contributed by atoms with Gasteiger partial charge in [-0.25, -0.2) is 0 Å². The second-order valence-electron chi connectivity index (χ2n) is 5.27. The molecule has 0 aromatic rings. The van der Waals surface area contributed by atoms with Gasteiger partial charge in [0.15, 0.2) is 0 Å². The fourth-order valence-corrected chi connectivity index (χ4v) is 2.74. The lowest BCUT2D eigenvalue weighted by molar-refractivity contribution is -0.159. The average Bonchev–Trinajstić information content (AvgIpc) is 2.28. The third kappa shape index (κ3) is 2.63. The van der Waals surface area contributed by atoms with Crippen molar-refractivity contribution in [3.63, 3.8) is 0 Å². The molecule has 1 rings (SSSR count). The summed E-state index contributed by atoms with van der Waals surface area (Å²) < 4.78 is 5.25. The van der Waals surface area contributed by atoms with Crippen LogP contribution in [0.3, 0.4) is 0 Å². The van der Waals surface area contributed by atoms with E-state index in [4.69, 9.17) is 11.2 Å². The van der Waals surface area contributed by atoms with E-state index in [1.807, 2.05) is 6.92 Å². The minimum absolute atomic E-state index is 0.117. The number of hydrogen-bond acceptors (Lipinski definition) is 3. The summed E-state index contributed by atoms with van der Waals surface area (Å²) in [7, 11) is 0. The highest BCUT2D eigenvalue weighted by Gasteiger charge is 2.52. The Bertz CT molecular complexity index is 317. The first-order valence-corrected chi connectivity index (χ1v) is 6.36. The molecule has 0 aliphatic heterocycles. The molecule has 96 valence electrons. The molecule has 0 aromatic carbocycles. The SMILES string of the molecule is C#CCNC1(C(=O)OCC)CCCCC1(C)C. The Hall–Kier alpha value is -1.01. The maximum atomic E-state index is 12.3. The zero-order chi connectivity index (χ0) is 12.9. The quantitative estimate of drug-likeness (QED) is 0.601. The Morgan fingerprint density at radius 3 is 2.59 bits per heavy atom. The number of terminal acetylenes is 1. The van der Waals surface area contributed by atoms with E-state index in [2.05, 4.69) is 25.1 Å². The van der Waals surface area contributed by atoms with E-state index in [1.54, 1.807) is 0 Å². The van der Waals surface area contributed by atoms with Crippen LogP contribution < -0.4 is 5.32 Å². The summed E-state index contributed by atoms with van der Waals surface area (Å²) in [6.07, 6.45) is 9.33. The molecule has 1 saturated carbocycles. The van der Waals surface area contributed by atoms with Crippen molar-refractivity contribution in [3.8, 4) is 12.3 Å². The lowest BCUT2D eigenvalue weighted by atomic mass is 9.63. The molecule has 1 aliphatic rings. The van der Waals surface area contributed by atoms with Gasteiger partial charge in [-0.3, -0.25) is 10.1 Å². The highest BCUT2D eigenvalue weighted by molar-refractivity contribution is 5.82. The molecular formula is C14H23NO2. The monoisotopic (exact) mass is 237 g/mol. The lowest BCUT2D eigenvalue weighted by Crippen LogP contribution is -2.63. The zero-order valence-electron chi connectivity index (χ0n) is 11.1. The van der Waals surface area contributed by atoms with E-state index in [0.717, 1.165) is 25.7 Å². The maximum Gasteiger partial charge on any atom is 0.326 e. The third-order valence-electron chi connectivity index (χ3n) is 3.88. The van der Waals surface area contributed by atoms with Crippen LogP contribution in [0.2, 0.25) is 0 Å². The van der Waals surface area contributed by atoms with Crippen LogP contribution in [-0.2, 0) is 9.53 Å². The summed E-state index contributed by atoms with van der Waals surface area (Å²) in [4.78, 5) is 12.3. The summed E-state index contributed by atoms with van der Waals surface area (Å²) in [6, 6.07) is 0. The number of carbonyl (C=O) groups is 1. The van der Waals surface area contributed by atoms with Crippen LogP contribution in [0.1, 0.15) is 46.5 Å². The number of nitrogens with one attached hydrogen (secondary N) is 1. The van der Waals surface area contributed by atoms with Gasteiger partial charge in [-0.2, -0.15) is 0 Å². The Labute approximate surface area is 104 Å². The third-order valence-corrected chi connectivity index (χ3v) is 3.88. The summed E-state index contributed by atoms with van der Waals surface area (Å²) in [6.45, 7) is 6.89. The van der Waals surface area contributed by atoms with E-state index in [-0.39, 0.29) is 11.4 Å². The van der Waals surface area contributed by atoms with E-state index in [0.29, 0.717) is 13.2 Å². The fourth-order valence-electron chi connectivity index (χ4n) is 2.74. The molecule has 0 heterocycles. The minimum atomic E-state index is -0.617. The maximum absolute atomic E-state index is 12.3. The van der Waals surface area contributed by atoms with Crippen molar-refractivity contribution in [2.24, 2.45) is 5.41 Å². The molecule has 3 nitrogen and oxygen atoms in total. The van der Waals surface area contributed by atoms with Crippen LogP contribution in [0.4, 0.5) is 0 Å². The van der Waals surface area contributed by atoms with Crippen LogP contribution in [0.15, 0.2) is 0 Å². The summed E-state index contributed by atoms with van der Waals surface area (Å²) in [5, 5.41) is 3.25. The number of rotatable bonds is 4. The standard InChI is InChI=1S/C14H23NO2/c1-5-11-15-14(12(16)17-6-2)10-8-7-9-13(14,3)4/h1,15H,6-11H2,2-4H3. The van der Waals surface area contributed by atoms with Crippen LogP contribution in [0.25, 0.3) is 0 Å². The Morgan fingerprint density at radius 2 is 2.06 bits per heavy atom. The lowest BCUT2D eigenvalue weighted by Gasteiger charge is -2.48. The van der Waals surface area contributed by atoms with E-state index in [9.17, 15) is 4.79 Å². The summed E-state index contributed by atoms with van der Waals surface area (Å²) in [5.41, 5.74) is -0.734. The van der Waals surface area contributed by atoms with Gasteiger partial charge in [0.25, 0.3) is 0 Å². The van der Waals surface area contributed by atoms with Gasteiger partial charge >= 0.3 is 5.97 Å². The molecule has 0 amide bonds. The van der Waals surface area contributed by atoms with E-state index < -0.39 is 5.54 Å². The molecule has 1 aliphatic carbocycles. The van der Waals surface area contributed by atoms with Gasteiger partial charge in [0.05, 0.1) is 13.2 Å². The molecule has 1 N–H and O–H groups in total. The topological polar surface area (TPSA) is 38.3 Å². The largest absolute Gasteiger partial charge is 0.465 e. The zero-order valence-corrected chi connectivity index (χ0v) is 11.1. The van der Waals surface area contributed by atoms with Gasteiger partial charge < -0.3 is 4.74 Å². The van der Waals surface area contributed by atoms with Gasteiger partial charge in [-0.15, -0.1) is 6.42 Å². The van der Waals surface area contributed by atoms with E-state index in [1.165, 1.54) is 0 Å². The second-order valence-corrected chi connectivity index (χ2v) is 5.27. The van der Waals surface area contributed by atoms with Crippen LogP contribution in [0, 0.1) is 17.8 Å². The normalized spacial score (nSPS) is 27.2. The Morgan fingerprint density at radius 1 is 1.41 bits per heavy atom. The molecule has 0 radical (unpaired) electrons. The summed E-state index contributed by atoms with van der Waals surface area (Å²) in [5.74, 6) is 2.40. The molecule has 1 fully saturated rings. The molecule has 0 bridgehead atoms. The van der Waals surface area contributed by atoms with Gasteiger partial charge in [0, 0.05) is 0 Å². The van der Waals surface area contributed by atoms with Crippen molar-refractivity contribution in [2.45, 2.75) is 52.0 Å². The Kier molecular flexibility index (Phi) is 4.59. The number of hydrogen-bond donors (Lipinski definition) is 1. The van der Waals surface area contributed by atoms with E-state index >= 15 is 0 Å². The first-order valence-electron chi connectivity index (χ1n) is 6.36. The fraction of sp³-hybridized carbons (Fsp3) is 0.786. The second kappa shape index (κ2) is 5.55. The Balaban J connectivity index is 2.98. The molecule has 0 saturated heterocycles. The molecular weight excluding hydrogens is 214 g/mol. The van der Waals surface area contributed by atoms with Crippen molar-refractivity contribution in [1.29, 1.82) is 0 Å². The van der Waals surface area contributed by atoms with Crippen molar-refractivity contribution in [1.82, 2.24) is 5.32 Å². The van der Waals surface area contributed by atoms with Crippen molar-refractivity contribution in [2.75, 3.05) is 13.2 Å². The molecule has 3 heteroatoms. The van der Waals surface area contributed by atoms with Crippen LogP contribution in [0.5, 0.6) is 0 Å². The average molecular weight is 237 g/mol. The van der Waals surface area contributed by atoms with Crippen molar-refractivity contribution in [3.05, 3.63) is 0 Å². The first kappa shape index (κ1) is 14.1. The van der Waals surface area contributed by atoms with Crippen molar-refractivity contribution < 1.29 is 9.53 Å². The molecule has 0 aromatic heterocycles. The highest BCUT2D eigenvalue weighted by atomic mass is 16.5. The molecule has 1 atom stereocenters. The predicted octanol–water partition coefficient (Wildman–Crippen LogP) is 2.11. The minimum Gasteiger partial charge on any atom is -0.465 e. The van der Waals surface area contributed by atoms with Crippen LogP contribution >= 0.6 is 0 Å². The highest BCUT2D eigenvalue weighted by Crippen LogP contribution is 2.44.